The third-order valence-corrected chi connectivity index (χ3v) is 5.06. The highest BCUT2D eigenvalue weighted by atomic mass is 19.4. The summed E-state index contributed by atoms with van der Waals surface area (Å²) in [7, 11) is 0. The normalized spacial score (nSPS) is 25.0. The van der Waals surface area contributed by atoms with Gasteiger partial charge in [0.25, 0.3) is 0 Å². The van der Waals surface area contributed by atoms with Crippen molar-refractivity contribution in [3.63, 3.8) is 0 Å². The van der Waals surface area contributed by atoms with E-state index >= 15 is 0 Å². The van der Waals surface area contributed by atoms with E-state index in [4.69, 9.17) is 0 Å². The summed E-state index contributed by atoms with van der Waals surface area (Å²) in [6, 6.07) is 0.340. The van der Waals surface area contributed by atoms with Crippen molar-refractivity contribution >= 4 is 0 Å². The molecule has 3 nitrogen and oxygen atoms in total. The van der Waals surface area contributed by atoms with Crippen molar-refractivity contribution < 1.29 is 17.9 Å². The summed E-state index contributed by atoms with van der Waals surface area (Å²) < 4.78 is 40.5. The van der Waals surface area contributed by atoms with Crippen LogP contribution in [0.15, 0.2) is 0 Å². The van der Waals surface area contributed by atoms with Gasteiger partial charge in [0.15, 0.2) is 0 Å². The molecule has 1 fully saturated rings. The summed E-state index contributed by atoms with van der Waals surface area (Å²) in [6.45, 7) is 10.2. The summed E-state index contributed by atoms with van der Waals surface area (Å²) in [5.74, 6) is 0.516. The van der Waals surface area contributed by atoms with Crippen LogP contribution in [0.1, 0.15) is 47.0 Å². The minimum Gasteiger partial charge on any atom is -0.311 e. The molecule has 1 aliphatic heterocycles. The molecule has 1 rings (SSSR count). The van der Waals surface area contributed by atoms with Crippen LogP contribution in [0, 0.1) is 5.92 Å². The number of ether oxygens (including phenoxy) is 1. The second-order valence-electron chi connectivity index (χ2n) is 6.04. The average Bonchev–Trinajstić information content (AvgIpc) is 2.45. The minimum absolute atomic E-state index is 0.0566. The van der Waals surface area contributed by atoms with Gasteiger partial charge in [-0.05, 0) is 18.8 Å². The van der Waals surface area contributed by atoms with Gasteiger partial charge in [0.05, 0.1) is 6.61 Å². The lowest BCUT2D eigenvalue weighted by atomic mass is 9.84. The quantitative estimate of drug-likeness (QED) is 0.780. The van der Waals surface area contributed by atoms with Crippen molar-refractivity contribution in [2.45, 2.75) is 64.9 Å². The number of nitrogens with zero attached hydrogens (tertiary/aromatic N) is 1. The third-order valence-electron chi connectivity index (χ3n) is 5.06. The summed E-state index contributed by atoms with van der Waals surface area (Å²) in [4.78, 5) is 2.20. The molecule has 0 radical (unpaired) electrons. The Kier molecular flexibility index (Phi) is 6.94. The zero-order valence-electron chi connectivity index (χ0n) is 13.6. The van der Waals surface area contributed by atoms with E-state index < -0.39 is 6.36 Å². The molecule has 0 aliphatic carbocycles. The Hall–Kier alpha value is -0.330. The molecule has 1 heterocycles. The highest BCUT2D eigenvalue weighted by Crippen LogP contribution is 2.29. The van der Waals surface area contributed by atoms with E-state index in [1.54, 1.807) is 0 Å². The fraction of sp³-hybridized carbons (Fsp3) is 1.00. The first kappa shape index (κ1) is 18.7. The predicted molar refractivity (Wildman–Crippen MR) is 78.1 cm³/mol. The second-order valence-corrected chi connectivity index (χ2v) is 6.04. The van der Waals surface area contributed by atoms with Gasteiger partial charge in [-0.25, -0.2) is 0 Å². The molecule has 6 heteroatoms. The van der Waals surface area contributed by atoms with Gasteiger partial charge in [0.2, 0.25) is 0 Å². The lowest BCUT2D eigenvalue weighted by Gasteiger charge is -2.51. The van der Waals surface area contributed by atoms with Gasteiger partial charge in [-0.1, -0.05) is 34.1 Å². The van der Waals surface area contributed by atoms with Crippen LogP contribution >= 0.6 is 0 Å². The zero-order valence-corrected chi connectivity index (χ0v) is 13.6. The van der Waals surface area contributed by atoms with Crippen LogP contribution in [-0.2, 0) is 4.74 Å². The monoisotopic (exact) mass is 310 g/mol. The van der Waals surface area contributed by atoms with Gasteiger partial charge in [-0.15, -0.1) is 13.2 Å². The van der Waals surface area contributed by atoms with Gasteiger partial charge in [0, 0.05) is 31.2 Å². The minimum atomic E-state index is -4.54. The highest BCUT2D eigenvalue weighted by Gasteiger charge is 2.40. The van der Waals surface area contributed by atoms with Gasteiger partial charge in [-0.2, -0.15) is 0 Å². The molecule has 0 aromatic carbocycles. The number of hydrogen-bond acceptors (Lipinski definition) is 3. The summed E-state index contributed by atoms with van der Waals surface area (Å²) in [5, 5.41) is 3.59. The number of nitrogens with one attached hydrogen (secondary N) is 1. The van der Waals surface area contributed by atoms with Crippen molar-refractivity contribution in [3.05, 3.63) is 0 Å². The fourth-order valence-electron chi connectivity index (χ4n) is 3.14. The molecule has 1 aliphatic rings. The molecule has 126 valence electrons. The largest absolute Gasteiger partial charge is 0.522 e. The Morgan fingerprint density at radius 2 is 1.90 bits per heavy atom. The molecule has 0 aromatic heterocycles. The van der Waals surface area contributed by atoms with E-state index in [0.29, 0.717) is 18.5 Å². The summed E-state index contributed by atoms with van der Waals surface area (Å²) >= 11 is 0. The molecule has 0 aromatic rings. The first-order chi connectivity index (χ1) is 9.78. The van der Waals surface area contributed by atoms with E-state index in [-0.39, 0.29) is 12.1 Å². The van der Waals surface area contributed by atoms with Crippen LogP contribution in [0.4, 0.5) is 13.2 Å². The Balaban J connectivity index is 2.69. The molecule has 0 amide bonds. The van der Waals surface area contributed by atoms with Gasteiger partial charge >= 0.3 is 6.36 Å². The smallest absolute Gasteiger partial charge is 0.311 e. The molecule has 1 N–H and O–H groups in total. The highest BCUT2D eigenvalue weighted by molar-refractivity contribution is 4.98. The van der Waals surface area contributed by atoms with Crippen LogP contribution in [0.3, 0.4) is 0 Å². The Morgan fingerprint density at radius 1 is 1.29 bits per heavy atom. The standard InChI is InChI=1S/C15H29F3N2O/c1-5-12(4)13-10-20(8-9-21-15(16,17)18)14(6-2,7-3)11-19-13/h12-13,19H,5-11H2,1-4H3. The lowest BCUT2D eigenvalue weighted by Crippen LogP contribution is -2.66. The van der Waals surface area contributed by atoms with Crippen LogP contribution < -0.4 is 5.32 Å². The molecular weight excluding hydrogens is 281 g/mol. The maximum atomic E-state index is 12.2. The summed E-state index contributed by atoms with van der Waals surface area (Å²) in [6.07, 6.45) is -1.62. The number of alkyl halides is 3. The first-order valence-corrected chi connectivity index (χ1v) is 7.97. The van der Waals surface area contributed by atoms with E-state index in [9.17, 15) is 13.2 Å². The van der Waals surface area contributed by atoms with E-state index in [0.717, 1.165) is 32.4 Å². The lowest BCUT2D eigenvalue weighted by molar-refractivity contribution is -0.325. The molecule has 0 bridgehead atoms. The molecule has 21 heavy (non-hydrogen) atoms. The number of halogens is 3. The van der Waals surface area contributed by atoms with Crippen LogP contribution in [0.25, 0.3) is 0 Å². The van der Waals surface area contributed by atoms with Crippen molar-refractivity contribution in [3.8, 4) is 0 Å². The zero-order chi connectivity index (χ0) is 16.1. The third kappa shape index (κ3) is 5.11. The maximum absolute atomic E-state index is 12.2. The number of rotatable bonds is 7. The first-order valence-electron chi connectivity index (χ1n) is 7.97. The van der Waals surface area contributed by atoms with Crippen LogP contribution in [0.2, 0.25) is 0 Å². The molecule has 0 spiro atoms. The van der Waals surface area contributed by atoms with E-state index in [1.807, 2.05) is 0 Å². The molecule has 2 unspecified atom stereocenters. The van der Waals surface area contributed by atoms with Crippen LogP contribution in [0.5, 0.6) is 0 Å². The van der Waals surface area contributed by atoms with E-state index in [1.165, 1.54) is 0 Å². The van der Waals surface area contributed by atoms with Gasteiger partial charge in [-0.3, -0.25) is 9.64 Å². The predicted octanol–water partition coefficient (Wildman–Crippen LogP) is 3.40. The van der Waals surface area contributed by atoms with Gasteiger partial charge in [0.1, 0.15) is 0 Å². The fourth-order valence-corrected chi connectivity index (χ4v) is 3.14. The molecule has 0 saturated carbocycles. The van der Waals surface area contributed by atoms with Crippen LogP contribution in [-0.4, -0.2) is 49.1 Å². The molecular formula is C15H29F3N2O. The number of hydrogen-bond donors (Lipinski definition) is 1. The Morgan fingerprint density at radius 3 is 2.38 bits per heavy atom. The van der Waals surface area contributed by atoms with Gasteiger partial charge < -0.3 is 5.32 Å². The topological polar surface area (TPSA) is 24.5 Å². The average molecular weight is 310 g/mol. The molecule has 1 saturated heterocycles. The van der Waals surface area contributed by atoms with Crippen molar-refractivity contribution in [2.24, 2.45) is 5.92 Å². The summed E-state index contributed by atoms with van der Waals surface area (Å²) in [5.41, 5.74) is -0.0566. The van der Waals surface area contributed by atoms with Crippen molar-refractivity contribution in [2.75, 3.05) is 26.2 Å². The van der Waals surface area contributed by atoms with Crippen molar-refractivity contribution in [1.29, 1.82) is 0 Å². The van der Waals surface area contributed by atoms with Crippen molar-refractivity contribution in [1.82, 2.24) is 10.2 Å². The Bertz CT molecular complexity index is 306. The number of piperazine rings is 1. The second kappa shape index (κ2) is 7.79. The van der Waals surface area contributed by atoms with E-state index in [2.05, 4.69) is 42.6 Å². The Labute approximate surface area is 126 Å². The molecule has 2 atom stereocenters. The maximum Gasteiger partial charge on any atom is 0.522 e. The SMILES string of the molecule is CCC(C)C1CN(CCOC(F)(F)F)C(CC)(CC)CN1.